The Balaban J connectivity index is 2.03. The first-order chi connectivity index (χ1) is 6.40. The Kier molecular flexibility index (Phi) is 2.64. The molecule has 0 radical (unpaired) electrons. The molecule has 1 aliphatic rings. The number of rotatable bonds is 3. The zero-order valence-electron chi connectivity index (χ0n) is 8.05. The fraction of sp³-hybridized carbons (Fsp3) is 0.700. The summed E-state index contributed by atoms with van der Waals surface area (Å²) in [7, 11) is 0. The topological polar surface area (TPSA) is 38.1 Å². The lowest BCUT2D eigenvalue weighted by atomic mass is 10.1. The SMILES string of the molecule is CCCc1cc([C@H]2CCCN2)no1. The van der Waals surface area contributed by atoms with Crippen LogP contribution in [0.1, 0.15) is 43.7 Å². The van der Waals surface area contributed by atoms with Crippen LogP contribution in [0.3, 0.4) is 0 Å². The predicted molar refractivity (Wildman–Crippen MR) is 50.5 cm³/mol. The number of aryl methyl sites for hydroxylation is 1. The maximum absolute atomic E-state index is 5.23. The van der Waals surface area contributed by atoms with Crippen LogP contribution in [-0.2, 0) is 6.42 Å². The number of nitrogens with zero attached hydrogens (tertiary/aromatic N) is 1. The predicted octanol–water partition coefficient (Wildman–Crippen LogP) is 2.05. The molecule has 0 spiro atoms. The van der Waals surface area contributed by atoms with Crippen molar-refractivity contribution < 1.29 is 4.52 Å². The van der Waals surface area contributed by atoms with Crippen molar-refractivity contribution in [3.05, 3.63) is 17.5 Å². The fourth-order valence-electron chi connectivity index (χ4n) is 1.79. The van der Waals surface area contributed by atoms with Crippen molar-refractivity contribution in [1.29, 1.82) is 0 Å². The van der Waals surface area contributed by atoms with E-state index in [1.165, 1.54) is 12.8 Å². The van der Waals surface area contributed by atoms with Gasteiger partial charge in [-0.15, -0.1) is 0 Å². The van der Waals surface area contributed by atoms with E-state index >= 15 is 0 Å². The Morgan fingerprint density at radius 3 is 3.31 bits per heavy atom. The minimum absolute atomic E-state index is 0.439. The number of nitrogens with one attached hydrogen (secondary N) is 1. The molecule has 0 aromatic carbocycles. The lowest BCUT2D eigenvalue weighted by Gasteiger charge is -2.02. The van der Waals surface area contributed by atoms with Crippen LogP contribution in [0.15, 0.2) is 10.6 Å². The molecule has 0 saturated carbocycles. The normalized spacial score (nSPS) is 22.4. The number of aromatic nitrogens is 1. The van der Waals surface area contributed by atoms with Gasteiger partial charge in [-0.1, -0.05) is 12.1 Å². The van der Waals surface area contributed by atoms with Gasteiger partial charge in [-0.25, -0.2) is 0 Å². The minimum atomic E-state index is 0.439. The molecule has 3 nitrogen and oxygen atoms in total. The molecule has 1 fully saturated rings. The second-order valence-electron chi connectivity index (χ2n) is 3.62. The summed E-state index contributed by atoms with van der Waals surface area (Å²) in [6, 6.07) is 2.53. The second-order valence-corrected chi connectivity index (χ2v) is 3.62. The summed E-state index contributed by atoms with van der Waals surface area (Å²) in [5.74, 6) is 1.02. The summed E-state index contributed by atoms with van der Waals surface area (Å²) in [6.07, 6.45) is 4.56. The fourth-order valence-corrected chi connectivity index (χ4v) is 1.79. The van der Waals surface area contributed by atoms with E-state index in [4.69, 9.17) is 4.52 Å². The summed E-state index contributed by atoms with van der Waals surface area (Å²) >= 11 is 0. The zero-order valence-corrected chi connectivity index (χ0v) is 8.05. The quantitative estimate of drug-likeness (QED) is 0.773. The highest BCUT2D eigenvalue weighted by Crippen LogP contribution is 2.22. The molecule has 0 aliphatic carbocycles. The van der Waals surface area contributed by atoms with Crippen molar-refractivity contribution in [2.75, 3.05) is 6.54 Å². The van der Waals surface area contributed by atoms with Crippen LogP contribution in [0.5, 0.6) is 0 Å². The van der Waals surface area contributed by atoms with Gasteiger partial charge < -0.3 is 9.84 Å². The van der Waals surface area contributed by atoms with E-state index in [9.17, 15) is 0 Å². The molecule has 72 valence electrons. The molecular weight excluding hydrogens is 164 g/mol. The molecule has 1 aromatic heterocycles. The Bertz CT molecular complexity index is 264. The molecule has 0 unspecified atom stereocenters. The van der Waals surface area contributed by atoms with Crippen LogP contribution in [0.25, 0.3) is 0 Å². The lowest BCUT2D eigenvalue weighted by molar-refractivity contribution is 0.369. The average Bonchev–Trinajstić information content (AvgIpc) is 2.70. The molecule has 2 heterocycles. The van der Waals surface area contributed by atoms with Gasteiger partial charge in [0.25, 0.3) is 0 Å². The van der Waals surface area contributed by atoms with Crippen LogP contribution < -0.4 is 5.32 Å². The van der Waals surface area contributed by atoms with Crippen molar-refractivity contribution in [1.82, 2.24) is 10.5 Å². The number of hydrogen-bond acceptors (Lipinski definition) is 3. The molecule has 1 saturated heterocycles. The standard InChI is InChI=1S/C10H16N2O/c1-2-4-8-7-10(12-13-8)9-5-3-6-11-9/h7,9,11H,2-6H2,1H3/t9-/m1/s1. The van der Waals surface area contributed by atoms with E-state index in [1.54, 1.807) is 0 Å². The van der Waals surface area contributed by atoms with Crippen molar-refractivity contribution in [2.24, 2.45) is 0 Å². The van der Waals surface area contributed by atoms with Gasteiger partial charge in [-0.2, -0.15) is 0 Å². The maximum Gasteiger partial charge on any atom is 0.137 e. The van der Waals surface area contributed by atoms with Crippen LogP contribution >= 0.6 is 0 Å². The first-order valence-electron chi connectivity index (χ1n) is 5.09. The third-order valence-electron chi connectivity index (χ3n) is 2.49. The summed E-state index contributed by atoms with van der Waals surface area (Å²) < 4.78 is 5.23. The highest BCUT2D eigenvalue weighted by atomic mass is 16.5. The minimum Gasteiger partial charge on any atom is -0.361 e. The van der Waals surface area contributed by atoms with Gasteiger partial charge in [0.05, 0.1) is 6.04 Å². The van der Waals surface area contributed by atoms with Gasteiger partial charge in [0.1, 0.15) is 11.5 Å². The van der Waals surface area contributed by atoms with Gasteiger partial charge >= 0.3 is 0 Å². The Morgan fingerprint density at radius 1 is 1.69 bits per heavy atom. The summed E-state index contributed by atoms with van der Waals surface area (Å²) in [6.45, 7) is 3.26. The highest BCUT2D eigenvalue weighted by Gasteiger charge is 2.19. The van der Waals surface area contributed by atoms with Crippen LogP contribution in [0.4, 0.5) is 0 Å². The van der Waals surface area contributed by atoms with Gasteiger partial charge in [0, 0.05) is 12.5 Å². The van der Waals surface area contributed by atoms with E-state index in [0.717, 1.165) is 30.8 Å². The van der Waals surface area contributed by atoms with Gasteiger partial charge in [0.2, 0.25) is 0 Å². The van der Waals surface area contributed by atoms with E-state index in [0.29, 0.717) is 6.04 Å². The van der Waals surface area contributed by atoms with E-state index in [2.05, 4.69) is 23.5 Å². The Hall–Kier alpha value is -0.830. The lowest BCUT2D eigenvalue weighted by Crippen LogP contribution is -2.12. The van der Waals surface area contributed by atoms with E-state index in [1.807, 2.05) is 0 Å². The van der Waals surface area contributed by atoms with Crippen molar-refractivity contribution in [2.45, 2.75) is 38.6 Å². The monoisotopic (exact) mass is 180 g/mol. The summed E-state index contributed by atoms with van der Waals surface area (Å²) in [5, 5.41) is 7.49. The molecule has 3 heteroatoms. The first-order valence-corrected chi connectivity index (χ1v) is 5.09. The van der Waals surface area contributed by atoms with Crippen molar-refractivity contribution in [3.8, 4) is 0 Å². The molecule has 0 amide bonds. The molecule has 1 N–H and O–H groups in total. The van der Waals surface area contributed by atoms with E-state index < -0.39 is 0 Å². The summed E-state index contributed by atoms with van der Waals surface area (Å²) in [5.41, 5.74) is 1.08. The van der Waals surface area contributed by atoms with Gasteiger partial charge in [0.15, 0.2) is 0 Å². The Labute approximate surface area is 78.5 Å². The molecule has 1 atom stereocenters. The average molecular weight is 180 g/mol. The van der Waals surface area contributed by atoms with Crippen LogP contribution in [-0.4, -0.2) is 11.7 Å². The molecule has 2 rings (SSSR count). The largest absolute Gasteiger partial charge is 0.361 e. The first kappa shape index (κ1) is 8.75. The van der Waals surface area contributed by atoms with Crippen LogP contribution in [0.2, 0.25) is 0 Å². The molecule has 13 heavy (non-hydrogen) atoms. The smallest absolute Gasteiger partial charge is 0.137 e. The van der Waals surface area contributed by atoms with Crippen molar-refractivity contribution >= 4 is 0 Å². The maximum atomic E-state index is 5.23. The molecular formula is C10H16N2O. The zero-order chi connectivity index (χ0) is 9.10. The molecule has 0 bridgehead atoms. The Morgan fingerprint density at radius 2 is 2.62 bits per heavy atom. The third kappa shape index (κ3) is 1.91. The van der Waals surface area contributed by atoms with Crippen molar-refractivity contribution in [3.63, 3.8) is 0 Å². The van der Waals surface area contributed by atoms with Crippen LogP contribution in [0, 0.1) is 0 Å². The second kappa shape index (κ2) is 3.92. The number of hydrogen-bond donors (Lipinski definition) is 1. The molecule has 1 aliphatic heterocycles. The van der Waals surface area contributed by atoms with E-state index in [-0.39, 0.29) is 0 Å². The molecule has 1 aromatic rings. The third-order valence-corrected chi connectivity index (χ3v) is 2.49. The van der Waals surface area contributed by atoms with Gasteiger partial charge in [-0.05, 0) is 25.8 Å². The van der Waals surface area contributed by atoms with Gasteiger partial charge in [-0.3, -0.25) is 0 Å². The highest BCUT2D eigenvalue weighted by molar-refractivity contribution is 5.11. The summed E-state index contributed by atoms with van der Waals surface area (Å²) in [4.78, 5) is 0.